The average molecular weight is 505 g/mol. The Morgan fingerprint density at radius 3 is 2.85 bits per heavy atom. The molecule has 2 aliphatic rings. The van der Waals surface area contributed by atoms with Gasteiger partial charge in [-0.1, -0.05) is 20.8 Å². The highest BCUT2D eigenvalue weighted by Gasteiger charge is 2.42. The summed E-state index contributed by atoms with van der Waals surface area (Å²) >= 11 is 1.74. The Balaban J connectivity index is 0.00000261. The highest BCUT2D eigenvalue weighted by atomic mass is 127. The van der Waals surface area contributed by atoms with E-state index in [1.54, 1.807) is 11.3 Å². The van der Waals surface area contributed by atoms with Gasteiger partial charge in [-0.05, 0) is 12.8 Å². The molecular formula is C19H32IN5OS. The second-order valence-corrected chi connectivity index (χ2v) is 9.52. The van der Waals surface area contributed by atoms with Gasteiger partial charge in [0.1, 0.15) is 0 Å². The van der Waals surface area contributed by atoms with Crippen LogP contribution < -0.4 is 10.6 Å². The molecule has 6 nitrogen and oxygen atoms in total. The van der Waals surface area contributed by atoms with Crippen molar-refractivity contribution >= 4 is 47.2 Å². The first-order chi connectivity index (χ1) is 12.3. The number of aliphatic imine (C=N–C) groups is 1. The predicted molar refractivity (Wildman–Crippen MR) is 122 cm³/mol. The maximum Gasteiger partial charge on any atom is 0.220 e. The molecule has 3 heterocycles. The molecule has 1 amide bonds. The van der Waals surface area contributed by atoms with Crippen LogP contribution in [0.25, 0.3) is 0 Å². The van der Waals surface area contributed by atoms with Crippen LogP contribution in [0.15, 0.2) is 10.4 Å². The van der Waals surface area contributed by atoms with E-state index in [4.69, 9.17) is 4.98 Å². The summed E-state index contributed by atoms with van der Waals surface area (Å²) in [5.41, 5.74) is 1.36. The van der Waals surface area contributed by atoms with Crippen LogP contribution in [0.3, 0.4) is 0 Å². The molecule has 8 heteroatoms. The van der Waals surface area contributed by atoms with Gasteiger partial charge in [-0.2, -0.15) is 0 Å². The van der Waals surface area contributed by atoms with Crippen molar-refractivity contribution in [3.05, 3.63) is 16.1 Å². The smallest absolute Gasteiger partial charge is 0.220 e. The number of nitrogens with one attached hydrogen (secondary N) is 2. The lowest BCUT2D eigenvalue weighted by molar-refractivity contribution is -0.119. The minimum Gasteiger partial charge on any atom is -0.356 e. The van der Waals surface area contributed by atoms with Gasteiger partial charge in [0.05, 0.1) is 10.7 Å². The molecule has 2 aliphatic heterocycles. The summed E-state index contributed by atoms with van der Waals surface area (Å²) in [7, 11) is 1.84. The fourth-order valence-corrected chi connectivity index (χ4v) is 4.84. The Labute approximate surface area is 183 Å². The van der Waals surface area contributed by atoms with Crippen LogP contribution in [0.2, 0.25) is 0 Å². The normalized spacial score (nSPS) is 23.3. The number of piperidine rings is 1. The summed E-state index contributed by atoms with van der Waals surface area (Å²) in [5, 5.41) is 9.83. The van der Waals surface area contributed by atoms with Crippen LogP contribution in [0.4, 0.5) is 0 Å². The van der Waals surface area contributed by atoms with Crippen molar-refractivity contribution in [2.75, 3.05) is 33.2 Å². The zero-order chi connectivity index (χ0) is 18.8. The Kier molecular flexibility index (Phi) is 7.52. The van der Waals surface area contributed by atoms with Gasteiger partial charge in [0.2, 0.25) is 5.91 Å². The van der Waals surface area contributed by atoms with Crippen molar-refractivity contribution in [3.63, 3.8) is 0 Å². The molecule has 2 N–H and O–H groups in total. The minimum atomic E-state index is 0. The summed E-state index contributed by atoms with van der Waals surface area (Å²) in [6, 6.07) is 0. The topological polar surface area (TPSA) is 69.6 Å². The highest BCUT2D eigenvalue weighted by Crippen LogP contribution is 2.36. The quantitative estimate of drug-likeness (QED) is 0.377. The average Bonchev–Trinajstić information content (AvgIpc) is 3.19. The molecule has 0 saturated carbocycles. The molecule has 2 saturated heterocycles. The van der Waals surface area contributed by atoms with Crippen LogP contribution in [-0.2, 0) is 16.6 Å². The number of rotatable bonds is 3. The number of carbonyl (C=O) groups is 1. The Hall–Kier alpha value is -0.900. The SMILES string of the molecule is CN=C(NCCc1nc(C(C)(C)C)cs1)N1CCCC2(CNC(=O)C2)C1.I. The van der Waals surface area contributed by atoms with E-state index in [-0.39, 0.29) is 40.7 Å². The van der Waals surface area contributed by atoms with Gasteiger partial charge in [-0.25, -0.2) is 4.98 Å². The number of guanidine groups is 1. The van der Waals surface area contributed by atoms with Crippen molar-refractivity contribution < 1.29 is 4.79 Å². The largest absolute Gasteiger partial charge is 0.356 e. The second kappa shape index (κ2) is 9.07. The molecule has 0 bridgehead atoms. The molecule has 1 atom stereocenters. The molecule has 3 rings (SSSR count). The van der Waals surface area contributed by atoms with Gasteiger partial charge in [0.25, 0.3) is 0 Å². The summed E-state index contributed by atoms with van der Waals surface area (Å²) in [6.45, 7) is 10.1. The molecule has 1 unspecified atom stereocenters. The lowest BCUT2D eigenvalue weighted by Gasteiger charge is -2.40. The van der Waals surface area contributed by atoms with Crippen LogP contribution in [0.1, 0.15) is 50.7 Å². The third kappa shape index (κ3) is 5.56. The standard InChI is InChI=1S/C19H31N5OS.HI/c1-18(2,3)14-11-26-16(23-14)6-8-21-17(20-4)24-9-5-7-19(13-24)10-15(25)22-12-19;/h11H,5-10,12-13H2,1-4H3,(H,20,21)(H,22,25);1H. The Bertz CT molecular complexity index is 684. The fraction of sp³-hybridized carbons (Fsp3) is 0.737. The second-order valence-electron chi connectivity index (χ2n) is 8.58. The Morgan fingerprint density at radius 1 is 1.48 bits per heavy atom. The van der Waals surface area contributed by atoms with Crippen molar-refractivity contribution in [2.45, 2.75) is 51.9 Å². The maximum absolute atomic E-state index is 11.7. The van der Waals surface area contributed by atoms with Crippen molar-refractivity contribution in [3.8, 4) is 0 Å². The van der Waals surface area contributed by atoms with Crippen LogP contribution >= 0.6 is 35.3 Å². The number of carbonyl (C=O) groups excluding carboxylic acids is 1. The molecule has 0 aromatic carbocycles. The lowest BCUT2D eigenvalue weighted by atomic mass is 9.79. The molecule has 27 heavy (non-hydrogen) atoms. The number of amides is 1. The van der Waals surface area contributed by atoms with Crippen molar-refractivity contribution in [1.82, 2.24) is 20.5 Å². The van der Waals surface area contributed by atoms with Gasteiger partial charge in [0, 0.05) is 62.3 Å². The number of hydrogen-bond acceptors (Lipinski definition) is 4. The van der Waals surface area contributed by atoms with E-state index in [0.717, 1.165) is 51.4 Å². The van der Waals surface area contributed by atoms with Gasteiger partial charge < -0.3 is 15.5 Å². The molecule has 1 aromatic rings. The monoisotopic (exact) mass is 505 g/mol. The summed E-state index contributed by atoms with van der Waals surface area (Å²) < 4.78 is 0. The lowest BCUT2D eigenvalue weighted by Crippen LogP contribution is -2.51. The molecule has 2 fully saturated rings. The maximum atomic E-state index is 11.7. The molecule has 152 valence electrons. The zero-order valence-corrected chi connectivity index (χ0v) is 19.9. The fourth-order valence-electron chi connectivity index (χ4n) is 3.81. The van der Waals surface area contributed by atoms with E-state index in [2.05, 4.69) is 46.7 Å². The molecule has 0 aliphatic carbocycles. The highest BCUT2D eigenvalue weighted by molar-refractivity contribution is 14.0. The number of halogens is 1. The number of hydrogen-bond donors (Lipinski definition) is 2. The third-order valence-electron chi connectivity index (χ3n) is 5.31. The third-order valence-corrected chi connectivity index (χ3v) is 6.22. The molecule has 1 spiro atoms. The van der Waals surface area contributed by atoms with Crippen molar-refractivity contribution in [2.24, 2.45) is 10.4 Å². The van der Waals surface area contributed by atoms with E-state index in [1.807, 2.05) is 7.05 Å². The van der Waals surface area contributed by atoms with E-state index < -0.39 is 0 Å². The van der Waals surface area contributed by atoms with E-state index in [0.29, 0.717) is 6.42 Å². The number of nitrogens with zero attached hydrogens (tertiary/aromatic N) is 3. The van der Waals surface area contributed by atoms with E-state index >= 15 is 0 Å². The Morgan fingerprint density at radius 2 is 2.26 bits per heavy atom. The van der Waals surface area contributed by atoms with Gasteiger partial charge >= 0.3 is 0 Å². The first kappa shape index (κ1) is 22.4. The van der Waals surface area contributed by atoms with Crippen LogP contribution in [0, 0.1) is 5.41 Å². The molecular weight excluding hydrogens is 473 g/mol. The molecule has 1 aromatic heterocycles. The van der Waals surface area contributed by atoms with Crippen LogP contribution in [-0.4, -0.2) is 55.0 Å². The van der Waals surface area contributed by atoms with Crippen LogP contribution in [0.5, 0.6) is 0 Å². The summed E-state index contributed by atoms with van der Waals surface area (Å²) in [6.07, 6.45) is 3.78. The first-order valence-corrected chi connectivity index (χ1v) is 10.4. The van der Waals surface area contributed by atoms with E-state index in [1.165, 1.54) is 10.7 Å². The van der Waals surface area contributed by atoms with Crippen molar-refractivity contribution in [1.29, 1.82) is 0 Å². The number of aromatic nitrogens is 1. The molecule has 0 radical (unpaired) electrons. The summed E-state index contributed by atoms with van der Waals surface area (Å²) in [5.74, 6) is 1.13. The van der Waals surface area contributed by atoms with Gasteiger partial charge in [-0.15, -0.1) is 35.3 Å². The number of likely N-dealkylation sites (tertiary alicyclic amines) is 1. The van der Waals surface area contributed by atoms with Gasteiger partial charge in [0.15, 0.2) is 5.96 Å². The van der Waals surface area contributed by atoms with E-state index in [9.17, 15) is 4.79 Å². The first-order valence-electron chi connectivity index (χ1n) is 9.49. The predicted octanol–water partition coefficient (Wildman–Crippen LogP) is 2.78. The van der Waals surface area contributed by atoms with Gasteiger partial charge in [-0.3, -0.25) is 9.79 Å². The zero-order valence-electron chi connectivity index (χ0n) is 16.8. The summed E-state index contributed by atoms with van der Waals surface area (Å²) in [4.78, 5) is 23.2. The number of thiazole rings is 1. The minimum absolute atomic E-state index is 0.